The monoisotopic (exact) mass is 343 g/mol. The number of benzene rings is 1. The molecular formula is C20H29N3O2. The van der Waals surface area contributed by atoms with E-state index in [0.29, 0.717) is 12.1 Å². The van der Waals surface area contributed by atoms with E-state index in [2.05, 4.69) is 48.0 Å². The van der Waals surface area contributed by atoms with E-state index in [-0.39, 0.29) is 5.60 Å². The predicted molar refractivity (Wildman–Crippen MR) is 98.7 cm³/mol. The lowest BCUT2D eigenvalue weighted by molar-refractivity contribution is -0.140. The lowest BCUT2D eigenvalue weighted by Crippen LogP contribution is -2.49. The second-order valence-electron chi connectivity index (χ2n) is 7.69. The zero-order chi connectivity index (χ0) is 17.3. The third kappa shape index (κ3) is 3.46. The molecule has 25 heavy (non-hydrogen) atoms. The molecule has 0 bridgehead atoms. The van der Waals surface area contributed by atoms with Gasteiger partial charge < -0.3 is 19.4 Å². The Hall–Kier alpha value is -1.43. The van der Waals surface area contributed by atoms with Gasteiger partial charge in [0.2, 0.25) is 0 Å². The Bertz CT molecular complexity index is 713. The summed E-state index contributed by atoms with van der Waals surface area (Å²) < 4.78 is 14.0. The molecule has 0 saturated carbocycles. The second kappa shape index (κ2) is 7.06. The highest BCUT2D eigenvalue weighted by Gasteiger charge is 2.38. The van der Waals surface area contributed by atoms with Crippen LogP contribution in [0.1, 0.15) is 51.4 Å². The average Bonchev–Trinajstić information content (AvgIpc) is 2.99. The van der Waals surface area contributed by atoms with Crippen LogP contribution in [-0.4, -0.2) is 41.0 Å². The lowest BCUT2D eigenvalue weighted by Gasteiger charge is -2.43. The van der Waals surface area contributed by atoms with Gasteiger partial charge in [-0.15, -0.1) is 0 Å². The van der Waals surface area contributed by atoms with Crippen molar-refractivity contribution in [2.24, 2.45) is 0 Å². The molecule has 0 aliphatic carbocycles. The number of hydrogen-bond donors (Lipinski definition) is 1. The zero-order valence-corrected chi connectivity index (χ0v) is 15.3. The maximum absolute atomic E-state index is 6.16. The van der Waals surface area contributed by atoms with Crippen molar-refractivity contribution < 1.29 is 9.47 Å². The van der Waals surface area contributed by atoms with Crippen molar-refractivity contribution in [1.29, 1.82) is 0 Å². The minimum atomic E-state index is 0.0341. The molecule has 5 heteroatoms. The largest absolute Gasteiger partial charge is 0.381 e. The highest BCUT2D eigenvalue weighted by molar-refractivity contribution is 5.76. The Balaban J connectivity index is 1.47. The lowest BCUT2D eigenvalue weighted by atomic mass is 9.84. The molecule has 1 aromatic heterocycles. The van der Waals surface area contributed by atoms with E-state index in [0.717, 1.165) is 63.4 Å². The number of imidazole rings is 1. The van der Waals surface area contributed by atoms with Crippen LogP contribution in [0.15, 0.2) is 24.3 Å². The van der Waals surface area contributed by atoms with E-state index in [1.54, 1.807) is 0 Å². The molecule has 1 atom stereocenters. The molecule has 136 valence electrons. The van der Waals surface area contributed by atoms with Crippen molar-refractivity contribution in [3.63, 3.8) is 0 Å². The van der Waals surface area contributed by atoms with Crippen molar-refractivity contribution in [3.05, 3.63) is 30.1 Å². The fraction of sp³-hybridized carbons (Fsp3) is 0.650. The van der Waals surface area contributed by atoms with Gasteiger partial charge in [-0.2, -0.15) is 0 Å². The summed E-state index contributed by atoms with van der Waals surface area (Å²) in [5.74, 6) is 1.13. The summed E-state index contributed by atoms with van der Waals surface area (Å²) in [4.78, 5) is 4.87. The smallest absolute Gasteiger partial charge is 0.124 e. The number of ether oxygens (including phenoxy) is 2. The van der Waals surface area contributed by atoms with Crippen LogP contribution in [0, 0.1) is 0 Å². The van der Waals surface area contributed by atoms with Crippen molar-refractivity contribution in [2.45, 2.75) is 63.8 Å². The number of aromatic nitrogens is 2. The third-order valence-corrected chi connectivity index (χ3v) is 5.63. The van der Waals surface area contributed by atoms with Crippen LogP contribution in [0.25, 0.3) is 11.0 Å². The van der Waals surface area contributed by atoms with Gasteiger partial charge >= 0.3 is 0 Å². The fourth-order valence-electron chi connectivity index (χ4n) is 4.32. The topological polar surface area (TPSA) is 48.3 Å². The summed E-state index contributed by atoms with van der Waals surface area (Å²) >= 11 is 0. The minimum Gasteiger partial charge on any atom is -0.381 e. The fourth-order valence-corrected chi connectivity index (χ4v) is 4.32. The minimum absolute atomic E-state index is 0.0341. The van der Waals surface area contributed by atoms with E-state index in [9.17, 15) is 0 Å². The highest BCUT2D eigenvalue weighted by atomic mass is 16.5. The average molecular weight is 343 g/mol. The Labute approximate surface area is 149 Å². The first kappa shape index (κ1) is 17.0. The van der Waals surface area contributed by atoms with Crippen LogP contribution >= 0.6 is 0 Å². The van der Waals surface area contributed by atoms with Crippen LogP contribution in [-0.2, 0) is 16.0 Å². The predicted octanol–water partition coefficient (Wildman–Crippen LogP) is 3.44. The summed E-state index contributed by atoms with van der Waals surface area (Å²) in [7, 11) is 0. The summed E-state index contributed by atoms with van der Waals surface area (Å²) in [5.41, 5.74) is 2.34. The molecule has 5 nitrogen and oxygen atoms in total. The molecule has 2 aliphatic heterocycles. The van der Waals surface area contributed by atoms with Gasteiger partial charge in [0.05, 0.1) is 23.2 Å². The summed E-state index contributed by atoms with van der Waals surface area (Å²) in [6, 6.07) is 9.31. The van der Waals surface area contributed by atoms with Gasteiger partial charge in [0.1, 0.15) is 5.82 Å². The van der Waals surface area contributed by atoms with Crippen molar-refractivity contribution >= 4 is 11.0 Å². The van der Waals surface area contributed by atoms with Crippen LogP contribution in [0.4, 0.5) is 0 Å². The van der Waals surface area contributed by atoms with Crippen LogP contribution < -0.4 is 5.32 Å². The summed E-state index contributed by atoms with van der Waals surface area (Å²) in [6.45, 7) is 7.76. The molecule has 0 radical (unpaired) electrons. The molecule has 1 aromatic carbocycles. The van der Waals surface area contributed by atoms with Crippen LogP contribution in [0.5, 0.6) is 0 Å². The molecule has 4 rings (SSSR count). The van der Waals surface area contributed by atoms with Crippen molar-refractivity contribution in [2.75, 3.05) is 19.8 Å². The molecule has 2 fully saturated rings. The van der Waals surface area contributed by atoms with Gasteiger partial charge in [-0.1, -0.05) is 12.1 Å². The van der Waals surface area contributed by atoms with E-state index in [1.165, 1.54) is 5.52 Å². The Kier molecular flexibility index (Phi) is 4.80. The molecule has 1 N–H and O–H groups in total. The van der Waals surface area contributed by atoms with E-state index in [1.807, 2.05) is 0 Å². The van der Waals surface area contributed by atoms with E-state index >= 15 is 0 Å². The van der Waals surface area contributed by atoms with Gasteiger partial charge in [-0.25, -0.2) is 4.98 Å². The van der Waals surface area contributed by atoms with Crippen LogP contribution in [0.3, 0.4) is 0 Å². The molecule has 2 saturated heterocycles. The first-order valence-corrected chi connectivity index (χ1v) is 9.58. The molecule has 0 unspecified atom stereocenters. The Morgan fingerprint density at radius 1 is 1.24 bits per heavy atom. The maximum atomic E-state index is 6.16. The molecule has 3 heterocycles. The molecule has 1 spiro atoms. The molecule has 2 aromatic rings. The van der Waals surface area contributed by atoms with E-state index in [4.69, 9.17) is 14.5 Å². The molecule has 2 aliphatic rings. The quantitative estimate of drug-likeness (QED) is 0.924. The standard InChI is InChI=1S/C20H29N3O2/c1-15(2)23-18-6-4-3-5-17(18)22-19(23)14-21-16-7-10-25-20(13-16)8-11-24-12-9-20/h3-6,15-16,21H,7-14H2,1-2H3/t16-/m1/s1. The SMILES string of the molecule is CC(C)n1c(CN[C@@H]2CCOC3(CCOCC3)C2)nc2ccccc21. The number of fused-ring (bicyclic) bond motifs is 1. The van der Waals surface area contributed by atoms with Gasteiger partial charge in [0.25, 0.3) is 0 Å². The maximum Gasteiger partial charge on any atom is 0.124 e. The highest BCUT2D eigenvalue weighted by Crippen LogP contribution is 2.34. The Morgan fingerprint density at radius 2 is 2.04 bits per heavy atom. The molecule has 0 amide bonds. The zero-order valence-electron chi connectivity index (χ0n) is 15.3. The van der Waals surface area contributed by atoms with Crippen LogP contribution in [0.2, 0.25) is 0 Å². The summed E-state index contributed by atoms with van der Waals surface area (Å²) in [6.07, 6.45) is 4.20. The third-order valence-electron chi connectivity index (χ3n) is 5.63. The summed E-state index contributed by atoms with van der Waals surface area (Å²) in [5, 5.41) is 3.76. The number of para-hydroxylation sites is 2. The van der Waals surface area contributed by atoms with Gasteiger partial charge in [-0.05, 0) is 51.7 Å². The van der Waals surface area contributed by atoms with Gasteiger partial charge in [-0.3, -0.25) is 0 Å². The van der Waals surface area contributed by atoms with Gasteiger partial charge in [0, 0.05) is 31.9 Å². The van der Waals surface area contributed by atoms with Crippen molar-refractivity contribution in [1.82, 2.24) is 14.9 Å². The normalized spacial score (nSPS) is 23.6. The van der Waals surface area contributed by atoms with Gasteiger partial charge in [0.15, 0.2) is 0 Å². The first-order valence-electron chi connectivity index (χ1n) is 9.58. The first-order chi connectivity index (χ1) is 12.2. The number of rotatable bonds is 4. The van der Waals surface area contributed by atoms with Crippen molar-refractivity contribution in [3.8, 4) is 0 Å². The Morgan fingerprint density at radius 3 is 2.84 bits per heavy atom. The number of nitrogens with zero attached hydrogens (tertiary/aromatic N) is 2. The second-order valence-corrected chi connectivity index (χ2v) is 7.69. The number of nitrogens with one attached hydrogen (secondary N) is 1. The number of hydrogen-bond acceptors (Lipinski definition) is 4. The molecular weight excluding hydrogens is 314 g/mol. The van der Waals surface area contributed by atoms with E-state index < -0.39 is 0 Å².